The lowest BCUT2D eigenvalue weighted by Gasteiger charge is -2.37. The van der Waals surface area contributed by atoms with Gasteiger partial charge in [-0.05, 0) is 48.9 Å². The van der Waals surface area contributed by atoms with Gasteiger partial charge in [-0.2, -0.15) is 0 Å². The predicted octanol–water partition coefficient (Wildman–Crippen LogP) is 4.66. The van der Waals surface area contributed by atoms with Gasteiger partial charge in [-0.3, -0.25) is 0 Å². The minimum Gasteiger partial charge on any atom is -0.385 e. The molecule has 3 nitrogen and oxygen atoms in total. The average Bonchev–Trinajstić information content (AvgIpc) is 2.96. The van der Waals surface area contributed by atoms with Gasteiger partial charge in [-0.15, -0.1) is 0 Å². The van der Waals surface area contributed by atoms with Gasteiger partial charge in [-0.1, -0.05) is 62.1 Å². The molecule has 1 aromatic heterocycles. The Bertz CT molecular complexity index is 1080. The molecule has 0 saturated heterocycles. The molecule has 0 radical (unpaired) electrons. The molecule has 1 fully saturated rings. The van der Waals surface area contributed by atoms with E-state index in [4.69, 9.17) is 0 Å². The number of fused-ring (bicyclic) bond motifs is 3. The van der Waals surface area contributed by atoms with E-state index >= 15 is 0 Å². The molecule has 2 atom stereocenters. The number of aliphatic hydroxyl groups is 1. The van der Waals surface area contributed by atoms with Gasteiger partial charge in [0.05, 0.1) is 24.4 Å². The van der Waals surface area contributed by atoms with Crippen molar-refractivity contribution in [2.75, 3.05) is 6.54 Å². The van der Waals surface area contributed by atoms with Crippen LogP contribution in [-0.2, 0) is 25.1 Å². The minimum absolute atomic E-state index is 0.606. The van der Waals surface area contributed by atoms with E-state index in [2.05, 4.69) is 53.1 Å². The van der Waals surface area contributed by atoms with Crippen molar-refractivity contribution in [1.82, 2.24) is 4.57 Å². The molecule has 3 aliphatic rings. The van der Waals surface area contributed by atoms with Gasteiger partial charge in [0, 0.05) is 22.9 Å². The second-order valence-electron chi connectivity index (χ2n) is 10.2. The van der Waals surface area contributed by atoms with Gasteiger partial charge in [0.25, 0.3) is 0 Å². The van der Waals surface area contributed by atoms with Crippen LogP contribution >= 0.6 is 0 Å². The standard InChI is InChI=1S/C28H34N2O/c31-28(15-6-1-2-7-16-28)22-13-14-25-24(19-22)23-11-8-12-26-27(23)30(25)18-17-29(26)20-21-9-4-3-5-10-21/h3-5,9-10,13-14,19,26,31H,1-2,6-8,11-12,15-18,20H2/p+1/t26-/m0/s1. The van der Waals surface area contributed by atoms with E-state index < -0.39 is 5.60 Å². The highest BCUT2D eigenvalue weighted by molar-refractivity contribution is 5.87. The number of rotatable bonds is 3. The first kappa shape index (κ1) is 19.6. The Morgan fingerprint density at radius 3 is 2.58 bits per heavy atom. The van der Waals surface area contributed by atoms with Gasteiger partial charge < -0.3 is 14.6 Å². The van der Waals surface area contributed by atoms with Crippen LogP contribution in [0.3, 0.4) is 0 Å². The fraction of sp³-hybridized carbons (Fsp3) is 0.500. The number of hydrogen-bond acceptors (Lipinski definition) is 1. The maximum Gasteiger partial charge on any atom is 0.129 e. The van der Waals surface area contributed by atoms with Crippen molar-refractivity contribution in [3.63, 3.8) is 0 Å². The highest BCUT2D eigenvalue weighted by Gasteiger charge is 2.38. The Balaban J connectivity index is 1.40. The van der Waals surface area contributed by atoms with Crippen molar-refractivity contribution in [3.8, 4) is 0 Å². The maximum atomic E-state index is 11.5. The molecule has 2 aliphatic carbocycles. The monoisotopic (exact) mass is 415 g/mol. The molecule has 1 saturated carbocycles. The van der Waals surface area contributed by atoms with Gasteiger partial charge >= 0.3 is 0 Å². The predicted molar refractivity (Wildman–Crippen MR) is 125 cm³/mol. The summed E-state index contributed by atoms with van der Waals surface area (Å²) in [6.45, 7) is 3.42. The third-order valence-electron chi connectivity index (χ3n) is 8.35. The van der Waals surface area contributed by atoms with Crippen LogP contribution in [0.15, 0.2) is 48.5 Å². The summed E-state index contributed by atoms with van der Waals surface area (Å²) < 4.78 is 2.63. The fourth-order valence-electron chi connectivity index (χ4n) is 6.75. The Hall–Kier alpha value is -2.10. The number of aromatic nitrogens is 1. The quantitative estimate of drug-likeness (QED) is 0.599. The van der Waals surface area contributed by atoms with Crippen molar-refractivity contribution in [2.24, 2.45) is 0 Å². The summed E-state index contributed by atoms with van der Waals surface area (Å²) in [5.41, 5.74) is 6.57. The summed E-state index contributed by atoms with van der Waals surface area (Å²) in [5, 5.41) is 12.9. The van der Waals surface area contributed by atoms with Crippen molar-refractivity contribution < 1.29 is 10.0 Å². The normalized spacial score (nSPS) is 25.2. The first-order chi connectivity index (χ1) is 15.2. The van der Waals surface area contributed by atoms with E-state index in [1.807, 2.05) is 0 Å². The van der Waals surface area contributed by atoms with Gasteiger partial charge in [0.2, 0.25) is 0 Å². The molecule has 0 bridgehead atoms. The smallest absolute Gasteiger partial charge is 0.129 e. The second kappa shape index (κ2) is 7.79. The Morgan fingerprint density at radius 1 is 0.968 bits per heavy atom. The zero-order valence-corrected chi connectivity index (χ0v) is 18.6. The van der Waals surface area contributed by atoms with E-state index in [0.717, 1.165) is 44.3 Å². The van der Waals surface area contributed by atoms with Crippen LogP contribution in [0.25, 0.3) is 10.9 Å². The molecule has 1 aliphatic heterocycles. The minimum atomic E-state index is -0.626. The summed E-state index contributed by atoms with van der Waals surface area (Å²) in [6.07, 6.45) is 10.4. The molecule has 162 valence electrons. The van der Waals surface area contributed by atoms with E-state index in [9.17, 15) is 5.11 Å². The molecule has 2 heterocycles. The molecule has 31 heavy (non-hydrogen) atoms. The molecule has 3 aromatic rings. The topological polar surface area (TPSA) is 29.6 Å². The molecule has 0 spiro atoms. The van der Waals surface area contributed by atoms with Gasteiger partial charge in [-0.25, -0.2) is 0 Å². The summed E-state index contributed by atoms with van der Waals surface area (Å²) in [6, 6.07) is 18.6. The number of benzene rings is 2. The van der Waals surface area contributed by atoms with E-state index in [-0.39, 0.29) is 0 Å². The molecule has 3 heteroatoms. The first-order valence-corrected chi connectivity index (χ1v) is 12.5. The Morgan fingerprint density at radius 2 is 1.77 bits per heavy atom. The van der Waals surface area contributed by atoms with Gasteiger partial charge in [0.15, 0.2) is 0 Å². The molecule has 0 amide bonds. The van der Waals surface area contributed by atoms with E-state index in [1.54, 1.807) is 16.2 Å². The highest BCUT2D eigenvalue weighted by Crippen LogP contribution is 2.41. The largest absolute Gasteiger partial charge is 0.385 e. The summed E-state index contributed by atoms with van der Waals surface area (Å²) in [7, 11) is 0. The van der Waals surface area contributed by atoms with Crippen molar-refractivity contribution in [2.45, 2.75) is 82.5 Å². The third kappa shape index (κ3) is 3.34. The van der Waals surface area contributed by atoms with Crippen LogP contribution in [-0.4, -0.2) is 16.2 Å². The van der Waals surface area contributed by atoms with Crippen LogP contribution in [0, 0.1) is 0 Å². The lowest BCUT2D eigenvalue weighted by molar-refractivity contribution is -0.950. The lowest BCUT2D eigenvalue weighted by Crippen LogP contribution is -3.12. The second-order valence-corrected chi connectivity index (χ2v) is 10.2. The Labute approximate surface area is 185 Å². The third-order valence-corrected chi connectivity index (χ3v) is 8.35. The zero-order valence-electron chi connectivity index (χ0n) is 18.6. The fourth-order valence-corrected chi connectivity index (χ4v) is 6.75. The maximum absolute atomic E-state index is 11.5. The highest BCUT2D eigenvalue weighted by atomic mass is 16.3. The van der Waals surface area contributed by atoms with Crippen LogP contribution in [0.1, 0.15) is 79.8 Å². The van der Waals surface area contributed by atoms with Crippen molar-refractivity contribution in [1.29, 1.82) is 0 Å². The molecule has 6 rings (SSSR count). The number of quaternary nitrogens is 1. The van der Waals surface area contributed by atoms with Crippen molar-refractivity contribution >= 4 is 10.9 Å². The SMILES string of the molecule is OC1(c2ccc3c(c2)c2c4n3CC[NH+](Cc3ccccc3)[C@H]4CCC2)CCCCCC1. The molecule has 2 aromatic carbocycles. The zero-order chi connectivity index (χ0) is 20.8. The molecular formula is C28H35N2O+. The molecule has 1 unspecified atom stereocenters. The van der Waals surface area contributed by atoms with E-state index in [1.165, 1.54) is 55.1 Å². The van der Waals surface area contributed by atoms with Crippen LogP contribution in [0.4, 0.5) is 0 Å². The summed E-state index contributed by atoms with van der Waals surface area (Å²) in [5.74, 6) is 0. The van der Waals surface area contributed by atoms with E-state index in [0.29, 0.717) is 6.04 Å². The lowest BCUT2D eigenvalue weighted by atomic mass is 9.84. The number of hydrogen-bond donors (Lipinski definition) is 2. The van der Waals surface area contributed by atoms with Crippen molar-refractivity contribution in [3.05, 3.63) is 70.9 Å². The van der Waals surface area contributed by atoms with Crippen LogP contribution < -0.4 is 4.90 Å². The Kier molecular flexibility index (Phi) is 4.92. The number of nitrogens with zero attached hydrogens (tertiary/aromatic N) is 1. The number of nitrogens with one attached hydrogen (secondary N) is 1. The van der Waals surface area contributed by atoms with Crippen LogP contribution in [0.2, 0.25) is 0 Å². The number of aryl methyl sites for hydroxylation is 1. The first-order valence-electron chi connectivity index (χ1n) is 12.5. The summed E-state index contributed by atoms with van der Waals surface area (Å²) in [4.78, 5) is 1.73. The van der Waals surface area contributed by atoms with Gasteiger partial charge in [0.1, 0.15) is 12.6 Å². The summed E-state index contributed by atoms with van der Waals surface area (Å²) >= 11 is 0. The van der Waals surface area contributed by atoms with Crippen LogP contribution in [0.5, 0.6) is 0 Å². The average molecular weight is 416 g/mol. The molecular weight excluding hydrogens is 380 g/mol. The molecule has 2 N–H and O–H groups in total.